The van der Waals surface area contributed by atoms with Gasteiger partial charge in [0.2, 0.25) is 5.91 Å². The van der Waals surface area contributed by atoms with E-state index in [0.717, 1.165) is 24.2 Å². The monoisotopic (exact) mass is 435 g/mol. The number of nitrogens with zero attached hydrogens (tertiary/aromatic N) is 3. The van der Waals surface area contributed by atoms with Crippen molar-refractivity contribution < 1.29 is 13.2 Å². The number of aliphatic imine (C=N–C) groups is 1. The molecule has 0 aromatic heterocycles. The number of hydrogen-bond acceptors (Lipinski definition) is 5. The van der Waals surface area contributed by atoms with Gasteiger partial charge in [0, 0.05) is 37.1 Å². The molecule has 4 rings (SSSR count). The molecule has 29 heavy (non-hydrogen) atoms. The standard InChI is InChI=1S/C21H29N3O3S2/c1-23(2)16-8-10-17(11-9-16)24-18-13-29(26,27)14-19(18)28-21(24)22-20(25)12-15-6-4-3-5-7-15/h8-11,15,18-19H,3-7,12-14H2,1-2H3/t18-,19-/m1/s1. The number of sulfone groups is 1. The van der Waals surface area contributed by atoms with Gasteiger partial charge in [0.25, 0.3) is 0 Å². The zero-order chi connectivity index (χ0) is 20.6. The van der Waals surface area contributed by atoms with Crippen molar-refractivity contribution in [3.05, 3.63) is 24.3 Å². The molecule has 2 saturated heterocycles. The molecule has 1 saturated carbocycles. The first kappa shape index (κ1) is 20.7. The second-order valence-corrected chi connectivity index (χ2v) is 11.9. The van der Waals surface area contributed by atoms with Gasteiger partial charge in [-0.15, -0.1) is 0 Å². The fourth-order valence-electron chi connectivity index (χ4n) is 4.57. The molecule has 1 aromatic carbocycles. The number of amides is 1. The van der Waals surface area contributed by atoms with Gasteiger partial charge in [-0.3, -0.25) is 4.79 Å². The minimum absolute atomic E-state index is 0.0604. The largest absolute Gasteiger partial charge is 0.378 e. The van der Waals surface area contributed by atoms with E-state index in [9.17, 15) is 13.2 Å². The van der Waals surface area contributed by atoms with Gasteiger partial charge < -0.3 is 9.80 Å². The number of hydrogen-bond donors (Lipinski definition) is 0. The van der Waals surface area contributed by atoms with Crippen LogP contribution in [0.1, 0.15) is 38.5 Å². The van der Waals surface area contributed by atoms with E-state index in [1.54, 1.807) is 0 Å². The van der Waals surface area contributed by atoms with Crippen molar-refractivity contribution in [3.8, 4) is 0 Å². The van der Waals surface area contributed by atoms with Crippen LogP contribution in [0.15, 0.2) is 29.3 Å². The van der Waals surface area contributed by atoms with Crippen LogP contribution in [-0.2, 0) is 14.6 Å². The Bertz CT molecular complexity index is 890. The molecule has 3 fully saturated rings. The second-order valence-electron chi connectivity index (χ2n) is 8.58. The van der Waals surface area contributed by atoms with Gasteiger partial charge in [-0.05, 0) is 43.0 Å². The molecule has 0 N–H and O–H groups in total. The topological polar surface area (TPSA) is 70.0 Å². The number of rotatable bonds is 4. The molecule has 2 heterocycles. The van der Waals surface area contributed by atoms with Crippen LogP contribution < -0.4 is 9.80 Å². The van der Waals surface area contributed by atoms with Crippen molar-refractivity contribution in [1.82, 2.24) is 0 Å². The van der Waals surface area contributed by atoms with Gasteiger partial charge in [-0.1, -0.05) is 31.0 Å². The van der Waals surface area contributed by atoms with Crippen LogP contribution >= 0.6 is 11.8 Å². The number of anilines is 2. The first-order valence-corrected chi connectivity index (χ1v) is 13.1. The summed E-state index contributed by atoms with van der Waals surface area (Å²) in [5, 5.41) is 0.600. The lowest BCUT2D eigenvalue weighted by Crippen LogP contribution is -2.37. The van der Waals surface area contributed by atoms with E-state index in [2.05, 4.69) is 4.99 Å². The number of amidine groups is 1. The van der Waals surface area contributed by atoms with Crippen LogP contribution in [0.3, 0.4) is 0 Å². The van der Waals surface area contributed by atoms with Crippen molar-refractivity contribution in [1.29, 1.82) is 0 Å². The van der Waals surface area contributed by atoms with Crippen molar-refractivity contribution in [2.75, 3.05) is 35.4 Å². The van der Waals surface area contributed by atoms with E-state index >= 15 is 0 Å². The van der Waals surface area contributed by atoms with Crippen LogP contribution in [0.25, 0.3) is 0 Å². The summed E-state index contributed by atoms with van der Waals surface area (Å²) in [6.07, 6.45) is 6.41. The van der Waals surface area contributed by atoms with Gasteiger partial charge in [0.15, 0.2) is 15.0 Å². The van der Waals surface area contributed by atoms with Gasteiger partial charge >= 0.3 is 0 Å². The van der Waals surface area contributed by atoms with Gasteiger partial charge in [-0.25, -0.2) is 8.42 Å². The smallest absolute Gasteiger partial charge is 0.248 e. The summed E-state index contributed by atoms with van der Waals surface area (Å²) in [6, 6.07) is 7.85. The minimum atomic E-state index is -3.05. The summed E-state index contributed by atoms with van der Waals surface area (Å²) < 4.78 is 24.4. The van der Waals surface area contributed by atoms with Crippen LogP contribution in [0.5, 0.6) is 0 Å². The van der Waals surface area contributed by atoms with E-state index in [1.807, 2.05) is 48.2 Å². The first-order chi connectivity index (χ1) is 13.8. The quantitative estimate of drug-likeness (QED) is 0.723. The highest BCUT2D eigenvalue weighted by Crippen LogP contribution is 2.41. The van der Waals surface area contributed by atoms with Crippen molar-refractivity contribution in [2.24, 2.45) is 10.9 Å². The fraction of sp³-hybridized carbons (Fsp3) is 0.619. The van der Waals surface area contributed by atoms with E-state index in [-0.39, 0.29) is 28.7 Å². The summed E-state index contributed by atoms with van der Waals surface area (Å²) in [5.74, 6) is 0.650. The molecule has 1 amide bonds. The maximum absolute atomic E-state index is 12.7. The molecule has 2 atom stereocenters. The van der Waals surface area contributed by atoms with Crippen LogP contribution in [0.2, 0.25) is 0 Å². The van der Waals surface area contributed by atoms with Gasteiger partial charge in [-0.2, -0.15) is 4.99 Å². The summed E-state index contributed by atoms with van der Waals surface area (Å²) in [6.45, 7) is 0. The molecule has 0 radical (unpaired) electrons. The predicted molar refractivity (Wildman–Crippen MR) is 121 cm³/mol. The van der Waals surface area contributed by atoms with Crippen molar-refractivity contribution in [3.63, 3.8) is 0 Å². The molecule has 6 nitrogen and oxygen atoms in total. The Morgan fingerprint density at radius 1 is 1.14 bits per heavy atom. The molecule has 0 bridgehead atoms. The van der Waals surface area contributed by atoms with Crippen molar-refractivity contribution >= 4 is 44.0 Å². The molecule has 8 heteroatoms. The third-order valence-corrected chi connectivity index (χ3v) is 9.33. The summed E-state index contributed by atoms with van der Waals surface area (Å²) in [7, 11) is 0.913. The molecular formula is C21H29N3O3S2. The summed E-state index contributed by atoms with van der Waals surface area (Å²) in [4.78, 5) is 21.2. The Balaban J connectivity index is 1.58. The first-order valence-electron chi connectivity index (χ1n) is 10.4. The van der Waals surface area contributed by atoms with E-state index in [0.29, 0.717) is 17.5 Å². The summed E-state index contributed by atoms with van der Waals surface area (Å²) in [5.41, 5.74) is 1.97. The molecular weight excluding hydrogens is 406 g/mol. The number of carbonyl (C=O) groups is 1. The highest BCUT2D eigenvalue weighted by Gasteiger charge is 2.49. The van der Waals surface area contributed by atoms with E-state index in [4.69, 9.17) is 0 Å². The average Bonchev–Trinajstić information content (AvgIpc) is 3.13. The zero-order valence-corrected chi connectivity index (χ0v) is 18.7. The minimum Gasteiger partial charge on any atom is -0.378 e. The Hall–Kier alpha value is -1.54. The van der Waals surface area contributed by atoms with Crippen molar-refractivity contribution in [2.45, 2.75) is 49.8 Å². The molecule has 2 aliphatic heterocycles. The second kappa shape index (κ2) is 8.30. The average molecular weight is 436 g/mol. The number of thioether (sulfide) groups is 1. The highest BCUT2D eigenvalue weighted by atomic mass is 32.2. The lowest BCUT2D eigenvalue weighted by Gasteiger charge is -2.25. The number of benzene rings is 1. The molecule has 3 aliphatic rings. The van der Waals surface area contributed by atoms with Crippen LogP contribution in [0, 0.1) is 5.92 Å². The van der Waals surface area contributed by atoms with E-state index < -0.39 is 9.84 Å². The maximum atomic E-state index is 12.7. The fourth-order valence-corrected chi connectivity index (χ4v) is 8.50. The van der Waals surface area contributed by atoms with Gasteiger partial charge in [0.05, 0.1) is 17.5 Å². The third kappa shape index (κ3) is 4.63. The van der Waals surface area contributed by atoms with E-state index in [1.165, 1.54) is 31.0 Å². The lowest BCUT2D eigenvalue weighted by molar-refractivity contribution is -0.118. The van der Waals surface area contributed by atoms with Crippen LogP contribution in [0.4, 0.5) is 11.4 Å². The SMILES string of the molecule is CN(C)c1ccc(N2C(=NC(=O)CC3CCCCC3)S[C@@H]3CS(=O)(=O)C[C@H]32)cc1. The molecule has 0 unspecified atom stereocenters. The van der Waals surface area contributed by atoms with Crippen LogP contribution in [-0.4, -0.2) is 56.4 Å². The Morgan fingerprint density at radius 3 is 2.48 bits per heavy atom. The highest BCUT2D eigenvalue weighted by molar-refractivity contribution is 8.16. The predicted octanol–water partition coefficient (Wildman–Crippen LogP) is 3.32. The zero-order valence-electron chi connectivity index (χ0n) is 17.1. The Morgan fingerprint density at radius 2 is 1.83 bits per heavy atom. The lowest BCUT2D eigenvalue weighted by atomic mass is 9.87. The Labute approximate surface area is 177 Å². The molecule has 158 valence electrons. The summed E-state index contributed by atoms with van der Waals surface area (Å²) >= 11 is 1.45. The molecule has 1 aromatic rings. The number of fused-ring (bicyclic) bond motifs is 1. The third-order valence-electron chi connectivity index (χ3n) is 6.12. The van der Waals surface area contributed by atoms with Gasteiger partial charge in [0.1, 0.15) is 0 Å². The molecule has 0 spiro atoms. The molecule has 1 aliphatic carbocycles. The number of carbonyl (C=O) groups excluding carboxylic acids is 1. The Kier molecular flexibility index (Phi) is 5.93. The normalized spacial score (nSPS) is 27.9. The maximum Gasteiger partial charge on any atom is 0.248 e.